The van der Waals surface area contributed by atoms with Gasteiger partial charge in [0.25, 0.3) is 0 Å². The number of hydrogen-bond acceptors (Lipinski definition) is 2. The van der Waals surface area contributed by atoms with Crippen molar-refractivity contribution in [1.82, 2.24) is 0 Å². The average molecular weight is 306 g/mol. The van der Waals surface area contributed by atoms with Gasteiger partial charge in [0.15, 0.2) is 0 Å². The molecule has 1 saturated carbocycles. The molecule has 0 bridgehead atoms. The van der Waals surface area contributed by atoms with E-state index >= 15 is 0 Å². The number of halogens is 3. The Hall–Kier alpha value is -0.520. The van der Waals surface area contributed by atoms with Crippen molar-refractivity contribution < 1.29 is 13.5 Å². The van der Waals surface area contributed by atoms with Crippen LogP contribution in [0.5, 0.6) is 0 Å². The minimum Gasteiger partial charge on any atom is -0.379 e. The molecule has 0 radical (unpaired) electrons. The lowest BCUT2D eigenvalue weighted by Gasteiger charge is -2.23. The van der Waals surface area contributed by atoms with Gasteiger partial charge in [0.05, 0.1) is 16.6 Å². The van der Waals surface area contributed by atoms with Gasteiger partial charge in [0.1, 0.15) is 11.6 Å². The van der Waals surface area contributed by atoms with Crippen molar-refractivity contribution in [3.8, 4) is 0 Å². The SMILES string of the molecule is COC(C1CC1)C(N)c1c(F)ccc(Br)c1F. The predicted octanol–water partition coefficient (Wildman–Crippen LogP) is 3.15. The molecule has 17 heavy (non-hydrogen) atoms. The van der Waals surface area contributed by atoms with Crippen molar-refractivity contribution in [2.45, 2.75) is 25.0 Å². The molecule has 2 rings (SSSR count). The van der Waals surface area contributed by atoms with Crippen LogP contribution >= 0.6 is 15.9 Å². The van der Waals surface area contributed by atoms with Crippen LogP contribution in [0.15, 0.2) is 16.6 Å². The van der Waals surface area contributed by atoms with E-state index < -0.39 is 17.7 Å². The van der Waals surface area contributed by atoms with Crippen molar-refractivity contribution in [3.63, 3.8) is 0 Å². The number of ether oxygens (including phenoxy) is 1. The monoisotopic (exact) mass is 305 g/mol. The standard InChI is InChI=1S/C12H14BrF2NO/c1-17-12(6-2-3-6)11(16)9-8(14)5-4-7(13)10(9)15/h4-6,11-12H,2-3,16H2,1H3. The molecule has 0 aliphatic heterocycles. The first-order valence-corrected chi connectivity index (χ1v) is 6.27. The van der Waals surface area contributed by atoms with Gasteiger partial charge in [-0.3, -0.25) is 0 Å². The van der Waals surface area contributed by atoms with E-state index in [4.69, 9.17) is 10.5 Å². The van der Waals surface area contributed by atoms with Gasteiger partial charge in [-0.15, -0.1) is 0 Å². The quantitative estimate of drug-likeness (QED) is 0.867. The Labute approximate surface area is 107 Å². The molecule has 2 nitrogen and oxygen atoms in total. The Morgan fingerprint density at radius 3 is 2.59 bits per heavy atom. The van der Waals surface area contributed by atoms with Gasteiger partial charge in [-0.2, -0.15) is 0 Å². The van der Waals surface area contributed by atoms with E-state index in [-0.39, 0.29) is 16.1 Å². The molecule has 0 saturated heterocycles. The molecule has 2 unspecified atom stereocenters. The van der Waals surface area contributed by atoms with Gasteiger partial charge in [-0.1, -0.05) is 0 Å². The van der Waals surface area contributed by atoms with E-state index in [0.717, 1.165) is 12.8 Å². The van der Waals surface area contributed by atoms with Gasteiger partial charge < -0.3 is 10.5 Å². The second kappa shape index (κ2) is 5.00. The fourth-order valence-electron chi connectivity index (χ4n) is 2.07. The highest BCUT2D eigenvalue weighted by atomic mass is 79.9. The molecule has 1 aromatic carbocycles. The van der Waals surface area contributed by atoms with Gasteiger partial charge in [-0.05, 0) is 46.8 Å². The fourth-order valence-corrected chi connectivity index (χ4v) is 2.42. The lowest BCUT2D eigenvalue weighted by Crippen LogP contribution is -2.31. The Kier molecular flexibility index (Phi) is 3.80. The molecule has 94 valence electrons. The molecule has 0 spiro atoms. The van der Waals surface area contributed by atoms with Gasteiger partial charge in [0, 0.05) is 12.7 Å². The number of hydrogen-bond donors (Lipinski definition) is 1. The highest BCUT2D eigenvalue weighted by Crippen LogP contribution is 2.40. The number of rotatable bonds is 4. The first-order chi connectivity index (χ1) is 8.06. The third-order valence-electron chi connectivity index (χ3n) is 3.13. The zero-order valence-electron chi connectivity index (χ0n) is 9.42. The van der Waals surface area contributed by atoms with E-state index in [9.17, 15) is 8.78 Å². The fraction of sp³-hybridized carbons (Fsp3) is 0.500. The highest BCUT2D eigenvalue weighted by molar-refractivity contribution is 9.10. The lowest BCUT2D eigenvalue weighted by molar-refractivity contribution is 0.0603. The van der Waals surface area contributed by atoms with E-state index in [2.05, 4.69) is 15.9 Å². The molecule has 0 heterocycles. The minimum atomic E-state index is -0.773. The largest absolute Gasteiger partial charge is 0.379 e. The Morgan fingerprint density at radius 1 is 1.41 bits per heavy atom. The third-order valence-corrected chi connectivity index (χ3v) is 3.74. The molecule has 5 heteroatoms. The second-order valence-corrected chi connectivity index (χ2v) is 5.17. The first-order valence-electron chi connectivity index (χ1n) is 5.48. The summed E-state index contributed by atoms with van der Waals surface area (Å²) >= 11 is 3.03. The number of methoxy groups -OCH3 is 1. The van der Waals surface area contributed by atoms with E-state index in [1.165, 1.54) is 19.2 Å². The smallest absolute Gasteiger partial charge is 0.145 e. The predicted molar refractivity (Wildman–Crippen MR) is 64.5 cm³/mol. The molecule has 2 N–H and O–H groups in total. The Balaban J connectivity index is 2.34. The van der Waals surface area contributed by atoms with Crippen LogP contribution in [0, 0.1) is 17.6 Å². The van der Waals surface area contributed by atoms with E-state index in [1.54, 1.807) is 0 Å². The molecule has 0 amide bonds. The summed E-state index contributed by atoms with van der Waals surface area (Å²) in [4.78, 5) is 0. The highest BCUT2D eigenvalue weighted by Gasteiger charge is 2.38. The van der Waals surface area contributed by atoms with Crippen LogP contribution in [-0.4, -0.2) is 13.2 Å². The van der Waals surface area contributed by atoms with E-state index in [1.807, 2.05) is 0 Å². The van der Waals surface area contributed by atoms with Crippen LogP contribution in [0.25, 0.3) is 0 Å². The van der Waals surface area contributed by atoms with Crippen LogP contribution in [0.3, 0.4) is 0 Å². The van der Waals surface area contributed by atoms with Gasteiger partial charge in [-0.25, -0.2) is 8.78 Å². The Bertz CT molecular complexity index is 423. The molecule has 2 atom stereocenters. The lowest BCUT2D eigenvalue weighted by atomic mass is 9.98. The first kappa shape index (κ1) is 12.9. The maximum absolute atomic E-state index is 13.9. The molecule has 1 aliphatic rings. The Morgan fingerprint density at radius 2 is 2.06 bits per heavy atom. The molecule has 1 aromatic rings. The third kappa shape index (κ3) is 2.51. The minimum absolute atomic E-state index is 0.0990. The maximum Gasteiger partial charge on any atom is 0.145 e. The summed E-state index contributed by atoms with van der Waals surface area (Å²) in [5.74, 6) is -0.950. The maximum atomic E-state index is 13.9. The average Bonchev–Trinajstić information content (AvgIpc) is 3.10. The summed E-state index contributed by atoms with van der Waals surface area (Å²) in [6.07, 6.45) is 1.68. The van der Waals surface area contributed by atoms with Crippen molar-refractivity contribution in [2.24, 2.45) is 11.7 Å². The van der Waals surface area contributed by atoms with Crippen LogP contribution < -0.4 is 5.73 Å². The summed E-state index contributed by atoms with van der Waals surface area (Å²) < 4.78 is 33.0. The van der Waals surface area contributed by atoms with Gasteiger partial charge >= 0.3 is 0 Å². The zero-order chi connectivity index (χ0) is 12.6. The summed E-state index contributed by atoms with van der Waals surface area (Å²) in [6, 6.07) is 1.77. The molecular weight excluding hydrogens is 292 g/mol. The van der Waals surface area contributed by atoms with Crippen LogP contribution in [0.2, 0.25) is 0 Å². The topological polar surface area (TPSA) is 35.2 Å². The van der Waals surface area contributed by atoms with Crippen LogP contribution in [0.4, 0.5) is 8.78 Å². The summed E-state index contributed by atoms with van der Waals surface area (Å²) in [7, 11) is 1.52. The normalized spacial score (nSPS) is 19.1. The second-order valence-electron chi connectivity index (χ2n) is 4.32. The molecule has 1 fully saturated rings. The van der Waals surface area contributed by atoms with Gasteiger partial charge in [0.2, 0.25) is 0 Å². The van der Waals surface area contributed by atoms with E-state index in [0.29, 0.717) is 5.92 Å². The number of benzene rings is 1. The molecule has 1 aliphatic carbocycles. The summed E-state index contributed by atoms with van der Waals surface area (Å²) in [5.41, 5.74) is 5.84. The van der Waals surface area contributed by atoms with Crippen molar-refractivity contribution in [3.05, 3.63) is 33.8 Å². The number of nitrogens with two attached hydrogens (primary N) is 1. The van der Waals surface area contributed by atoms with Crippen molar-refractivity contribution >= 4 is 15.9 Å². The van der Waals surface area contributed by atoms with Crippen molar-refractivity contribution in [2.75, 3.05) is 7.11 Å². The summed E-state index contributed by atoms with van der Waals surface area (Å²) in [6.45, 7) is 0. The summed E-state index contributed by atoms with van der Waals surface area (Å²) in [5, 5.41) is 0. The molecule has 0 aromatic heterocycles. The molecular formula is C12H14BrF2NO. The van der Waals surface area contributed by atoms with Crippen molar-refractivity contribution in [1.29, 1.82) is 0 Å². The zero-order valence-corrected chi connectivity index (χ0v) is 11.0. The van der Waals surface area contributed by atoms with Crippen LogP contribution in [0.1, 0.15) is 24.4 Å². The van der Waals surface area contributed by atoms with Crippen LogP contribution in [-0.2, 0) is 4.74 Å².